The number of nitrogens with zero attached hydrogens (tertiary/aromatic N) is 2. The molecule has 30 heavy (non-hydrogen) atoms. The molecule has 2 aromatic carbocycles. The lowest BCUT2D eigenvalue weighted by Gasteiger charge is -2.34. The molecule has 2 aromatic rings. The first-order valence-electron chi connectivity index (χ1n) is 9.75. The van der Waals surface area contributed by atoms with Crippen LogP contribution >= 0.6 is 15.9 Å². The Morgan fingerprint density at radius 2 is 1.67 bits per heavy atom. The van der Waals surface area contributed by atoms with Crippen molar-refractivity contribution in [2.24, 2.45) is 0 Å². The number of halogens is 2. The van der Waals surface area contributed by atoms with Crippen LogP contribution in [0.3, 0.4) is 0 Å². The molecule has 3 rings (SSSR count). The zero-order chi connectivity index (χ0) is 21.5. The van der Waals surface area contributed by atoms with Gasteiger partial charge in [0.2, 0.25) is 11.8 Å². The highest BCUT2D eigenvalue weighted by Gasteiger charge is 2.23. The number of hydrogen-bond donors (Lipinski definition) is 1. The molecule has 1 heterocycles. The van der Waals surface area contributed by atoms with Crippen molar-refractivity contribution in [3.05, 3.63) is 64.4 Å². The van der Waals surface area contributed by atoms with Crippen LogP contribution in [0.25, 0.3) is 0 Å². The summed E-state index contributed by atoms with van der Waals surface area (Å²) in [5.74, 6) is -0.730. The van der Waals surface area contributed by atoms with Gasteiger partial charge in [0.1, 0.15) is 5.82 Å². The fourth-order valence-electron chi connectivity index (χ4n) is 3.28. The largest absolute Gasteiger partial charge is 0.340 e. The van der Waals surface area contributed by atoms with E-state index in [2.05, 4.69) is 21.2 Å². The zero-order valence-electron chi connectivity index (χ0n) is 16.4. The summed E-state index contributed by atoms with van der Waals surface area (Å²) in [5, 5.41) is 2.67. The van der Waals surface area contributed by atoms with Crippen LogP contribution in [0.15, 0.2) is 53.0 Å². The van der Waals surface area contributed by atoms with E-state index >= 15 is 0 Å². The van der Waals surface area contributed by atoms with E-state index in [1.54, 1.807) is 35.2 Å². The number of rotatable bonds is 7. The fraction of sp³-hybridized carbons (Fsp3) is 0.318. The number of nitrogens with one attached hydrogen (secondary N) is 1. The smallest absolute Gasteiger partial charge is 0.238 e. The molecule has 0 saturated carbocycles. The van der Waals surface area contributed by atoms with Gasteiger partial charge < -0.3 is 10.2 Å². The normalized spacial score (nSPS) is 14.4. The highest BCUT2D eigenvalue weighted by Crippen LogP contribution is 2.14. The minimum absolute atomic E-state index is 0.0516. The number of Topliss-reactive ketones (excluding diaryl/α,β-unsaturated/α-hetero) is 1. The number of hydrogen-bond acceptors (Lipinski definition) is 4. The molecule has 0 spiro atoms. The summed E-state index contributed by atoms with van der Waals surface area (Å²) in [5.41, 5.74) is 1.02. The molecule has 1 N–H and O–H groups in total. The summed E-state index contributed by atoms with van der Waals surface area (Å²) in [4.78, 5) is 40.5. The second-order valence-corrected chi connectivity index (χ2v) is 8.06. The van der Waals surface area contributed by atoms with E-state index < -0.39 is 5.82 Å². The molecule has 8 heteroatoms. The van der Waals surface area contributed by atoms with Gasteiger partial charge in [-0.1, -0.05) is 34.1 Å². The number of anilines is 1. The predicted molar refractivity (Wildman–Crippen MR) is 116 cm³/mol. The quantitative estimate of drug-likeness (QED) is 0.623. The number of amides is 2. The van der Waals surface area contributed by atoms with E-state index in [9.17, 15) is 18.8 Å². The van der Waals surface area contributed by atoms with Gasteiger partial charge in [0.25, 0.3) is 0 Å². The van der Waals surface area contributed by atoms with Crippen LogP contribution in [0.5, 0.6) is 0 Å². The van der Waals surface area contributed by atoms with Crippen LogP contribution in [0.1, 0.15) is 23.2 Å². The van der Waals surface area contributed by atoms with Crippen molar-refractivity contribution in [2.75, 3.05) is 38.0 Å². The minimum Gasteiger partial charge on any atom is -0.340 e. The molecular weight excluding hydrogens is 453 g/mol. The Morgan fingerprint density at radius 1 is 0.967 bits per heavy atom. The van der Waals surface area contributed by atoms with Crippen LogP contribution < -0.4 is 5.32 Å². The van der Waals surface area contributed by atoms with Crippen LogP contribution in [-0.4, -0.2) is 60.1 Å². The van der Waals surface area contributed by atoms with Crippen molar-refractivity contribution < 1.29 is 18.8 Å². The first kappa shape index (κ1) is 22.1. The monoisotopic (exact) mass is 475 g/mol. The third kappa shape index (κ3) is 6.47. The second kappa shape index (κ2) is 10.4. The molecule has 158 valence electrons. The number of ketones is 1. The predicted octanol–water partition coefficient (Wildman–Crippen LogP) is 3.33. The number of carbonyl (C=O) groups excluding carboxylic acids is 3. The number of carbonyl (C=O) groups is 3. The summed E-state index contributed by atoms with van der Waals surface area (Å²) >= 11 is 3.33. The Kier molecular flexibility index (Phi) is 7.70. The van der Waals surface area contributed by atoms with Gasteiger partial charge >= 0.3 is 0 Å². The maximum atomic E-state index is 13.2. The Hall–Kier alpha value is -2.58. The van der Waals surface area contributed by atoms with E-state index in [-0.39, 0.29) is 37.0 Å². The van der Waals surface area contributed by atoms with Gasteiger partial charge in [-0.2, -0.15) is 0 Å². The molecule has 6 nitrogen and oxygen atoms in total. The van der Waals surface area contributed by atoms with Crippen molar-refractivity contribution in [1.82, 2.24) is 9.80 Å². The van der Waals surface area contributed by atoms with Gasteiger partial charge in [0.15, 0.2) is 5.78 Å². The second-order valence-electron chi connectivity index (χ2n) is 7.15. The van der Waals surface area contributed by atoms with Gasteiger partial charge in [-0.3, -0.25) is 19.3 Å². The van der Waals surface area contributed by atoms with Crippen molar-refractivity contribution in [1.29, 1.82) is 0 Å². The molecule has 0 aromatic heterocycles. The SMILES string of the molecule is O=C(CN1CCN(C(=O)CCC(=O)c2ccc(Br)cc2)CC1)Nc1cccc(F)c1. The lowest BCUT2D eigenvalue weighted by Crippen LogP contribution is -2.50. The molecule has 1 aliphatic rings. The van der Waals surface area contributed by atoms with Gasteiger partial charge in [-0.05, 0) is 30.3 Å². The third-order valence-electron chi connectivity index (χ3n) is 4.93. The van der Waals surface area contributed by atoms with E-state index in [4.69, 9.17) is 0 Å². The van der Waals surface area contributed by atoms with E-state index in [1.807, 2.05) is 4.90 Å². The van der Waals surface area contributed by atoms with Gasteiger partial charge in [-0.15, -0.1) is 0 Å². The summed E-state index contributed by atoms with van der Waals surface area (Å²) in [6.45, 7) is 2.35. The highest BCUT2D eigenvalue weighted by atomic mass is 79.9. The lowest BCUT2D eigenvalue weighted by atomic mass is 10.1. The average Bonchev–Trinajstić information content (AvgIpc) is 2.72. The van der Waals surface area contributed by atoms with Crippen molar-refractivity contribution >= 4 is 39.2 Å². The number of piperazine rings is 1. The average molecular weight is 476 g/mol. The minimum atomic E-state index is -0.404. The van der Waals surface area contributed by atoms with Crippen LogP contribution in [0.2, 0.25) is 0 Å². The Morgan fingerprint density at radius 3 is 2.33 bits per heavy atom. The first-order valence-corrected chi connectivity index (χ1v) is 10.5. The van der Waals surface area contributed by atoms with Gasteiger partial charge in [-0.25, -0.2) is 4.39 Å². The third-order valence-corrected chi connectivity index (χ3v) is 5.46. The van der Waals surface area contributed by atoms with Crippen molar-refractivity contribution in [2.45, 2.75) is 12.8 Å². The molecule has 0 unspecified atom stereocenters. The standard InChI is InChI=1S/C22H23BrFN3O3/c23-17-6-4-16(5-7-17)20(28)8-9-22(30)27-12-10-26(11-13-27)15-21(29)25-19-3-1-2-18(24)14-19/h1-7,14H,8-13,15H2,(H,25,29). The van der Waals surface area contributed by atoms with Gasteiger partial charge in [0.05, 0.1) is 6.54 Å². The molecule has 0 bridgehead atoms. The molecule has 0 atom stereocenters. The first-order chi connectivity index (χ1) is 14.4. The maximum Gasteiger partial charge on any atom is 0.238 e. The Balaban J connectivity index is 1.39. The van der Waals surface area contributed by atoms with Crippen molar-refractivity contribution in [3.63, 3.8) is 0 Å². The van der Waals surface area contributed by atoms with Gasteiger partial charge in [0, 0.05) is 54.7 Å². The van der Waals surface area contributed by atoms with Crippen LogP contribution in [-0.2, 0) is 9.59 Å². The molecule has 1 fully saturated rings. The topological polar surface area (TPSA) is 69.7 Å². The molecule has 1 aliphatic heterocycles. The Labute approximate surface area is 183 Å². The zero-order valence-corrected chi connectivity index (χ0v) is 18.0. The molecule has 0 radical (unpaired) electrons. The highest BCUT2D eigenvalue weighted by molar-refractivity contribution is 9.10. The molecule has 1 saturated heterocycles. The van der Waals surface area contributed by atoms with E-state index in [0.717, 1.165) is 4.47 Å². The van der Waals surface area contributed by atoms with Crippen molar-refractivity contribution in [3.8, 4) is 0 Å². The Bertz CT molecular complexity index is 912. The summed E-state index contributed by atoms with van der Waals surface area (Å²) in [7, 11) is 0. The number of benzene rings is 2. The molecular formula is C22H23BrFN3O3. The molecule has 0 aliphatic carbocycles. The van der Waals surface area contributed by atoms with E-state index in [1.165, 1.54) is 18.2 Å². The lowest BCUT2D eigenvalue weighted by molar-refractivity contribution is -0.133. The summed E-state index contributed by atoms with van der Waals surface area (Å²) in [6, 6.07) is 12.8. The van der Waals surface area contributed by atoms with Crippen LogP contribution in [0.4, 0.5) is 10.1 Å². The fourth-order valence-corrected chi connectivity index (χ4v) is 3.55. The maximum absolute atomic E-state index is 13.2. The summed E-state index contributed by atoms with van der Waals surface area (Å²) in [6.07, 6.45) is 0.353. The van der Waals surface area contributed by atoms with Crippen LogP contribution in [0, 0.1) is 5.82 Å². The molecule has 2 amide bonds. The summed E-state index contributed by atoms with van der Waals surface area (Å²) < 4.78 is 14.1. The van der Waals surface area contributed by atoms with E-state index in [0.29, 0.717) is 37.4 Å².